The topological polar surface area (TPSA) is 87.6 Å². The first-order chi connectivity index (χ1) is 16.7. The van der Waals surface area contributed by atoms with Crippen molar-refractivity contribution in [1.29, 1.82) is 0 Å². The van der Waals surface area contributed by atoms with Gasteiger partial charge in [0.15, 0.2) is 0 Å². The van der Waals surface area contributed by atoms with Crippen molar-refractivity contribution in [3.8, 4) is 0 Å². The Morgan fingerprint density at radius 2 is 2.18 bits per heavy atom. The highest BCUT2D eigenvalue weighted by molar-refractivity contribution is 5.89. The predicted octanol–water partition coefficient (Wildman–Crippen LogP) is 4.23. The number of hydrogen-bond donors (Lipinski definition) is 2. The SMILES string of the molecule is O=C(O)C(c1cccc2ccncc12)N1CCC(OCCCCc2ccc3c(n2)NCCC3)C1. The maximum Gasteiger partial charge on any atom is 0.325 e. The molecular weight excluding hydrogens is 428 g/mol. The van der Waals surface area contributed by atoms with E-state index < -0.39 is 12.0 Å². The lowest BCUT2D eigenvalue weighted by atomic mass is 9.99. The molecule has 1 aromatic carbocycles. The number of nitrogens with one attached hydrogen (secondary N) is 1. The van der Waals surface area contributed by atoms with E-state index in [1.54, 1.807) is 12.4 Å². The van der Waals surface area contributed by atoms with Crippen LogP contribution in [0, 0.1) is 0 Å². The second kappa shape index (κ2) is 10.5. The fourth-order valence-electron chi connectivity index (χ4n) is 5.15. The zero-order chi connectivity index (χ0) is 23.3. The van der Waals surface area contributed by atoms with Crippen molar-refractivity contribution >= 4 is 22.6 Å². The number of ether oxygens (including phenoxy) is 1. The first-order valence-electron chi connectivity index (χ1n) is 12.3. The van der Waals surface area contributed by atoms with Crippen molar-refractivity contribution in [2.75, 3.05) is 31.6 Å². The van der Waals surface area contributed by atoms with Gasteiger partial charge in [-0.25, -0.2) is 4.98 Å². The number of aliphatic carboxylic acids is 1. The molecular formula is C27H32N4O3. The number of anilines is 1. The third kappa shape index (κ3) is 5.05. The monoisotopic (exact) mass is 460 g/mol. The van der Waals surface area contributed by atoms with E-state index in [-0.39, 0.29) is 6.10 Å². The fourth-order valence-corrected chi connectivity index (χ4v) is 5.15. The number of nitrogens with zero attached hydrogens (tertiary/aromatic N) is 3. The molecule has 0 aliphatic carbocycles. The normalized spacial score (nSPS) is 19.0. The summed E-state index contributed by atoms with van der Waals surface area (Å²) in [6.45, 7) is 3.05. The number of rotatable bonds is 9. The van der Waals surface area contributed by atoms with E-state index in [0.717, 1.165) is 66.5 Å². The van der Waals surface area contributed by atoms with Crippen molar-refractivity contribution < 1.29 is 14.6 Å². The number of carboxylic acids is 1. The van der Waals surface area contributed by atoms with Gasteiger partial charge in [0.05, 0.1) is 6.10 Å². The molecule has 2 unspecified atom stereocenters. The molecule has 0 spiro atoms. The van der Waals surface area contributed by atoms with Gasteiger partial charge in [0.2, 0.25) is 0 Å². The zero-order valence-corrected chi connectivity index (χ0v) is 19.4. The summed E-state index contributed by atoms with van der Waals surface area (Å²) in [5.41, 5.74) is 3.25. The number of carboxylic acid groups (broad SMARTS) is 1. The number of unbranched alkanes of at least 4 members (excludes halogenated alkanes) is 1. The Labute approximate surface area is 200 Å². The number of aryl methyl sites for hydroxylation is 2. The van der Waals surface area contributed by atoms with E-state index >= 15 is 0 Å². The molecule has 0 bridgehead atoms. The van der Waals surface area contributed by atoms with Crippen LogP contribution in [0.3, 0.4) is 0 Å². The van der Waals surface area contributed by atoms with E-state index in [1.165, 1.54) is 12.0 Å². The Hall–Kier alpha value is -3.03. The van der Waals surface area contributed by atoms with E-state index in [9.17, 15) is 9.90 Å². The lowest BCUT2D eigenvalue weighted by Gasteiger charge is -2.25. The largest absolute Gasteiger partial charge is 0.480 e. The molecule has 1 fully saturated rings. The minimum atomic E-state index is -0.830. The molecule has 2 atom stereocenters. The number of fused-ring (bicyclic) bond motifs is 2. The maximum absolute atomic E-state index is 12.2. The van der Waals surface area contributed by atoms with E-state index in [4.69, 9.17) is 9.72 Å². The van der Waals surface area contributed by atoms with Gasteiger partial charge in [-0.15, -0.1) is 0 Å². The maximum atomic E-state index is 12.2. The molecule has 7 heteroatoms. The van der Waals surface area contributed by atoms with Gasteiger partial charge in [-0.05, 0) is 67.2 Å². The van der Waals surface area contributed by atoms with Crippen LogP contribution in [-0.4, -0.2) is 58.3 Å². The second-order valence-electron chi connectivity index (χ2n) is 9.26. The van der Waals surface area contributed by atoms with Gasteiger partial charge in [-0.3, -0.25) is 14.7 Å². The predicted molar refractivity (Wildman–Crippen MR) is 132 cm³/mol. The summed E-state index contributed by atoms with van der Waals surface area (Å²) in [5, 5.41) is 15.4. The first-order valence-corrected chi connectivity index (χ1v) is 12.3. The molecule has 3 aromatic rings. The minimum absolute atomic E-state index is 0.0704. The number of benzene rings is 1. The smallest absolute Gasteiger partial charge is 0.325 e. The summed E-state index contributed by atoms with van der Waals surface area (Å²) >= 11 is 0. The molecule has 2 aliphatic rings. The molecule has 0 amide bonds. The molecule has 2 N–H and O–H groups in total. The van der Waals surface area contributed by atoms with Crippen LogP contribution in [-0.2, 0) is 22.4 Å². The molecule has 34 heavy (non-hydrogen) atoms. The lowest BCUT2D eigenvalue weighted by Crippen LogP contribution is -2.33. The second-order valence-corrected chi connectivity index (χ2v) is 9.26. The number of aromatic nitrogens is 2. The average Bonchev–Trinajstić information content (AvgIpc) is 3.32. The van der Waals surface area contributed by atoms with Gasteiger partial charge in [-0.2, -0.15) is 0 Å². The molecule has 4 heterocycles. The third-order valence-corrected chi connectivity index (χ3v) is 6.92. The lowest BCUT2D eigenvalue weighted by molar-refractivity contribution is -0.143. The Morgan fingerprint density at radius 3 is 3.09 bits per heavy atom. The van der Waals surface area contributed by atoms with E-state index in [2.05, 4.69) is 22.4 Å². The Kier molecular flexibility index (Phi) is 7.02. The van der Waals surface area contributed by atoms with Gasteiger partial charge in [0.1, 0.15) is 11.9 Å². The van der Waals surface area contributed by atoms with Crippen LogP contribution < -0.4 is 5.32 Å². The standard InChI is InChI=1S/C27H32N4O3/c32-27(33)25(23-8-3-5-19-11-14-28-17-24(19)23)31-15-12-22(18-31)34-16-2-1-7-21-10-9-20-6-4-13-29-26(20)30-21/h3,5,8-11,14,17,22,25H,1-2,4,6-7,12-13,15-16,18H2,(H,29,30)(H,32,33). The highest BCUT2D eigenvalue weighted by atomic mass is 16.5. The quantitative estimate of drug-likeness (QED) is 0.462. The number of carbonyl (C=O) groups is 1. The summed E-state index contributed by atoms with van der Waals surface area (Å²) in [6.07, 6.45) is 9.66. The number of hydrogen-bond acceptors (Lipinski definition) is 6. The Morgan fingerprint density at radius 1 is 1.24 bits per heavy atom. The average molecular weight is 461 g/mol. The van der Waals surface area contributed by atoms with Gasteiger partial charge < -0.3 is 15.2 Å². The molecule has 5 rings (SSSR count). The molecule has 2 aromatic heterocycles. The van der Waals surface area contributed by atoms with Crippen LogP contribution in [0.25, 0.3) is 10.8 Å². The van der Waals surface area contributed by atoms with Crippen molar-refractivity contribution in [1.82, 2.24) is 14.9 Å². The number of likely N-dealkylation sites (tertiary alicyclic amines) is 1. The molecule has 0 saturated carbocycles. The van der Waals surface area contributed by atoms with Gasteiger partial charge in [0.25, 0.3) is 0 Å². The van der Waals surface area contributed by atoms with Crippen LogP contribution in [0.4, 0.5) is 5.82 Å². The van der Waals surface area contributed by atoms with E-state index in [0.29, 0.717) is 19.7 Å². The van der Waals surface area contributed by atoms with E-state index in [1.807, 2.05) is 29.2 Å². The third-order valence-electron chi connectivity index (χ3n) is 6.92. The fraction of sp³-hybridized carbons (Fsp3) is 0.444. The van der Waals surface area contributed by atoms with Crippen molar-refractivity contribution in [2.24, 2.45) is 0 Å². The van der Waals surface area contributed by atoms with Crippen LogP contribution >= 0.6 is 0 Å². The van der Waals surface area contributed by atoms with Crippen LogP contribution in [0.15, 0.2) is 48.8 Å². The summed E-state index contributed by atoms with van der Waals surface area (Å²) in [5.74, 6) is 0.227. The summed E-state index contributed by atoms with van der Waals surface area (Å²) in [4.78, 5) is 23.3. The molecule has 178 valence electrons. The highest BCUT2D eigenvalue weighted by Gasteiger charge is 2.34. The zero-order valence-electron chi connectivity index (χ0n) is 19.4. The van der Waals surface area contributed by atoms with Crippen molar-refractivity contribution in [3.05, 3.63) is 65.6 Å². The summed E-state index contributed by atoms with van der Waals surface area (Å²) in [6, 6.07) is 11.4. The molecule has 0 radical (unpaired) electrons. The van der Waals surface area contributed by atoms with Crippen molar-refractivity contribution in [2.45, 2.75) is 50.7 Å². The van der Waals surface area contributed by atoms with Crippen molar-refractivity contribution in [3.63, 3.8) is 0 Å². The van der Waals surface area contributed by atoms with Crippen LogP contribution in [0.5, 0.6) is 0 Å². The first kappa shape index (κ1) is 22.7. The van der Waals surface area contributed by atoms with Crippen LogP contribution in [0.1, 0.15) is 48.5 Å². The minimum Gasteiger partial charge on any atom is -0.480 e. The molecule has 1 saturated heterocycles. The number of pyridine rings is 2. The Balaban J connectivity index is 1.12. The van der Waals surface area contributed by atoms with Gasteiger partial charge in [-0.1, -0.05) is 24.3 Å². The Bertz CT molecular complexity index is 1150. The summed E-state index contributed by atoms with van der Waals surface area (Å²) in [7, 11) is 0. The van der Waals surface area contributed by atoms with Crippen LogP contribution in [0.2, 0.25) is 0 Å². The summed E-state index contributed by atoms with van der Waals surface area (Å²) < 4.78 is 6.14. The van der Waals surface area contributed by atoms with Gasteiger partial charge >= 0.3 is 5.97 Å². The molecule has 2 aliphatic heterocycles. The molecule has 7 nitrogen and oxygen atoms in total. The van der Waals surface area contributed by atoms with Gasteiger partial charge in [0, 0.05) is 49.7 Å². The highest BCUT2D eigenvalue weighted by Crippen LogP contribution is 2.31.